The maximum atomic E-state index is 12.8. The minimum Gasteiger partial charge on any atom is -0.321 e. The molecule has 0 fully saturated rings. The Labute approximate surface area is 142 Å². The van der Waals surface area contributed by atoms with Gasteiger partial charge in [-0.15, -0.1) is 0 Å². The average Bonchev–Trinajstić information content (AvgIpc) is 2.64. The fourth-order valence-electron chi connectivity index (χ4n) is 2.40. The first kappa shape index (κ1) is 16.2. The Morgan fingerprint density at radius 1 is 0.708 bits per heavy atom. The quantitative estimate of drug-likeness (QED) is 0.674. The summed E-state index contributed by atoms with van der Waals surface area (Å²) in [7, 11) is -3.53. The van der Waals surface area contributed by atoms with Crippen LogP contribution in [-0.4, -0.2) is 8.42 Å². The van der Waals surface area contributed by atoms with E-state index in [9.17, 15) is 8.42 Å². The van der Waals surface area contributed by atoms with Gasteiger partial charge in [0.05, 0.1) is 9.79 Å². The van der Waals surface area contributed by atoms with E-state index in [4.69, 9.17) is 0 Å². The van der Waals surface area contributed by atoms with Crippen LogP contribution in [0.25, 0.3) is 0 Å². The number of anilines is 1. The highest BCUT2D eigenvalue weighted by molar-refractivity contribution is 7.91. The fourth-order valence-corrected chi connectivity index (χ4v) is 3.91. The van der Waals surface area contributed by atoms with E-state index in [0.717, 1.165) is 5.69 Å². The molecule has 3 rings (SSSR count). The Morgan fingerprint density at radius 3 is 2.00 bits per heavy atom. The minimum atomic E-state index is -3.53. The second-order valence-electron chi connectivity index (χ2n) is 5.27. The van der Waals surface area contributed by atoms with Gasteiger partial charge < -0.3 is 5.43 Å². The smallest absolute Gasteiger partial charge is 0.206 e. The lowest BCUT2D eigenvalue weighted by atomic mass is 10.2. The lowest BCUT2D eigenvalue weighted by molar-refractivity contribution is 0.594. The first-order chi connectivity index (χ1) is 11.7. The molecule has 0 saturated carbocycles. The van der Waals surface area contributed by atoms with Gasteiger partial charge in [-0.25, -0.2) is 13.8 Å². The zero-order chi connectivity index (χ0) is 16.8. The third-order valence-electron chi connectivity index (χ3n) is 3.60. The van der Waals surface area contributed by atoms with Crippen molar-refractivity contribution in [3.8, 4) is 0 Å². The second-order valence-corrected chi connectivity index (χ2v) is 7.19. The molecule has 0 heterocycles. The number of hydrogen-bond donors (Lipinski definition) is 2. The maximum Gasteiger partial charge on any atom is 0.206 e. The molecule has 0 atom stereocenters. The average molecular weight is 338 g/mol. The molecule has 0 amide bonds. The van der Waals surface area contributed by atoms with E-state index in [2.05, 4.69) is 10.9 Å². The third-order valence-corrected chi connectivity index (χ3v) is 5.47. The molecule has 0 bridgehead atoms. The van der Waals surface area contributed by atoms with E-state index in [-0.39, 0.29) is 0 Å². The number of nitrogens with one attached hydrogen (secondary N) is 2. The summed E-state index contributed by atoms with van der Waals surface area (Å²) >= 11 is 0. The van der Waals surface area contributed by atoms with Gasteiger partial charge in [0.2, 0.25) is 9.84 Å². The van der Waals surface area contributed by atoms with Gasteiger partial charge in [-0.05, 0) is 35.9 Å². The van der Waals surface area contributed by atoms with Crippen molar-refractivity contribution in [3.05, 3.63) is 90.5 Å². The Morgan fingerprint density at radius 2 is 1.29 bits per heavy atom. The summed E-state index contributed by atoms with van der Waals surface area (Å²) in [5.41, 5.74) is 7.76. The van der Waals surface area contributed by atoms with Crippen LogP contribution >= 0.6 is 0 Å². The molecule has 0 radical (unpaired) electrons. The lowest BCUT2D eigenvalue weighted by Crippen LogP contribution is -2.22. The third kappa shape index (κ3) is 3.64. The SMILES string of the molecule is O=S(=O)(c1ccccc1)c1ccccc1CNNc1ccccc1. The van der Waals surface area contributed by atoms with Crippen LogP contribution in [0, 0.1) is 0 Å². The zero-order valence-electron chi connectivity index (χ0n) is 13.0. The molecule has 3 aromatic carbocycles. The van der Waals surface area contributed by atoms with Crippen molar-refractivity contribution >= 4 is 15.5 Å². The van der Waals surface area contributed by atoms with Crippen molar-refractivity contribution < 1.29 is 8.42 Å². The van der Waals surface area contributed by atoms with E-state index in [1.54, 1.807) is 42.5 Å². The van der Waals surface area contributed by atoms with Crippen LogP contribution in [0.1, 0.15) is 5.56 Å². The molecule has 4 nitrogen and oxygen atoms in total. The predicted octanol–water partition coefficient (Wildman–Crippen LogP) is 3.64. The van der Waals surface area contributed by atoms with Crippen LogP contribution in [0.3, 0.4) is 0 Å². The minimum absolute atomic E-state index is 0.300. The molecular formula is C19H18N2O2S. The van der Waals surface area contributed by atoms with Gasteiger partial charge >= 0.3 is 0 Å². The highest BCUT2D eigenvalue weighted by Gasteiger charge is 2.20. The molecule has 0 aliphatic heterocycles. The summed E-state index contributed by atoms with van der Waals surface area (Å²) in [6.45, 7) is 0.386. The van der Waals surface area contributed by atoms with Crippen LogP contribution in [0.4, 0.5) is 5.69 Å². The van der Waals surface area contributed by atoms with Crippen LogP contribution < -0.4 is 10.9 Å². The van der Waals surface area contributed by atoms with Gasteiger partial charge in [0.1, 0.15) is 0 Å². The van der Waals surface area contributed by atoms with Crippen molar-refractivity contribution in [2.75, 3.05) is 5.43 Å². The molecule has 2 N–H and O–H groups in total. The number of sulfone groups is 1. The number of para-hydroxylation sites is 1. The van der Waals surface area contributed by atoms with Crippen molar-refractivity contribution in [1.82, 2.24) is 5.43 Å². The Kier molecular flexibility index (Phi) is 4.93. The highest BCUT2D eigenvalue weighted by Crippen LogP contribution is 2.23. The standard InChI is InChI=1S/C19H18N2O2S/c22-24(23,18-12-5-2-6-13-18)19-14-8-7-9-16(19)15-20-21-17-10-3-1-4-11-17/h1-14,20-21H,15H2. The van der Waals surface area contributed by atoms with Gasteiger partial charge in [-0.1, -0.05) is 54.6 Å². The van der Waals surface area contributed by atoms with Gasteiger partial charge in [0, 0.05) is 12.2 Å². The topological polar surface area (TPSA) is 58.2 Å². The summed E-state index contributed by atoms with van der Waals surface area (Å²) in [6, 6.07) is 25.2. The highest BCUT2D eigenvalue weighted by atomic mass is 32.2. The van der Waals surface area contributed by atoms with Gasteiger partial charge in [0.25, 0.3) is 0 Å². The number of rotatable bonds is 6. The summed E-state index contributed by atoms with van der Waals surface area (Å²) in [6.07, 6.45) is 0. The Hall–Kier alpha value is -2.63. The van der Waals surface area contributed by atoms with Gasteiger partial charge in [-0.3, -0.25) is 0 Å². The van der Waals surface area contributed by atoms with Crippen molar-refractivity contribution in [1.29, 1.82) is 0 Å². The van der Waals surface area contributed by atoms with Crippen LogP contribution in [0.2, 0.25) is 0 Å². The van der Waals surface area contributed by atoms with Crippen molar-refractivity contribution in [2.45, 2.75) is 16.3 Å². The second kappa shape index (κ2) is 7.29. The molecule has 24 heavy (non-hydrogen) atoms. The molecule has 0 aliphatic rings. The van der Waals surface area contributed by atoms with E-state index < -0.39 is 9.84 Å². The summed E-state index contributed by atoms with van der Waals surface area (Å²) in [5, 5.41) is 0. The Bertz CT molecular complexity index is 895. The van der Waals surface area contributed by atoms with E-state index in [1.807, 2.05) is 42.5 Å². The molecule has 3 aromatic rings. The monoisotopic (exact) mass is 338 g/mol. The van der Waals surface area contributed by atoms with Crippen molar-refractivity contribution in [3.63, 3.8) is 0 Å². The number of hydrazine groups is 1. The summed E-state index contributed by atoms with van der Waals surface area (Å²) in [5.74, 6) is 0. The summed E-state index contributed by atoms with van der Waals surface area (Å²) < 4.78 is 25.7. The van der Waals surface area contributed by atoms with Crippen LogP contribution in [-0.2, 0) is 16.4 Å². The van der Waals surface area contributed by atoms with Crippen LogP contribution in [0.15, 0.2) is 94.7 Å². The molecule has 0 saturated heterocycles. The summed E-state index contributed by atoms with van der Waals surface area (Å²) in [4.78, 5) is 0.618. The van der Waals surface area contributed by atoms with E-state index in [1.165, 1.54) is 0 Å². The van der Waals surface area contributed by atoms with Gasteiger partial charge in [-0.2, -0.15) is 0 Å². The molecule has 122 valence electrons. The zero-order valence-corrected chi connectivity index (χ0v) is 13.8. The number of benzene rings is 3. The number of hydrogen-bond acceptors (Lipinski definition) is 4. The van der Waals surface area contributed by atoms with Gasteiger partial charge in [0.15, 0.2) is 0 Å². The molecule has 5 heteroatoms. The molecule has 0 aromatic heterocycles. The Balaban J connectivity index is 1.81. The predicted molar refractivity (Wildman–Crippen MR) is 95.2 cm³/mol. The fraction of sp³-hybridized carbons (Fsp3) is 0.0526. The first-order valence-corrected chi connectivity index (χ1v) is 9.08. The molecular weight excluding hydrogens is 320 g/mol. The normalized spacial score (nSPS) is 11.2. The van der Waals surface area contributed by atoms with E-state index in [0.29, 0.717) is 21.9 Å². The van der Waals surface area contributed by atoms with E-state index >= 15 is 0 Å². The maximum absolute atomic E-state index is 12.8. The molecule has 0 unspecified atom stereocenters. The molecule has 0 aliphatic carbocycles. The van der Waals surface area contributed by atoms with Crippen LogP contribution in [0.5, 0.6) is 0 Å². The lowest BCUT2D eigenvalue weighted by Gasteiger charge is -2.13. The largest absolute Gasteiger partial charge is 0.321 e. The van der Waals surface area contributed by atoms with Crippen molar-refractivity contribution in [2.24, 2.45) is 0 Å². The first-order valence-electron chi connectivity index (χ1n) is 7.60. The molecule has 0 spiro atoms.